The third kappa shape index (κ3) is 3.44. The van der Waals surface area contributed by atoms with Gasteiger partial charge >= 0.3 is 5.92 Å². The SMILES string of the molecule is NCC(F)(F)C(N)(Cl)Cl.[Pt]. The molecule has 0 heterocycles. The van der Waals surface area contributed by atoms with Gasteiger partial charge in [0, 0.05) is 21.1 Å². The molecule has 0 saturated heterocycles. The fraction of sp³-hybridized carbons (Fsp3) is 1.00. The van der Waals surface area contributed by atoms with E-state index in [1.54, 1.807) is 0 Å². The van der Waals surface area contributed by atoms with Crippen LogP contribution in [0.4, 0.5) is 8.78 Å². The molecule has 10 heavy (non-hydrogen) atoms. The second-order valence-corrected chi connectivity index (χ2v) is 2.92. The van der Waals surface area contributed by atoms with E-state index >= 15 is 0 Å². The molecular weight excluding hydrogens is 368 g/mol. The summed E-state index contributed by atoms with van der Waals surface area (Å²) in [6.45, 7) is -0.962. The van der Waals surface area contributed by atoms with Crippen LogP contribution in [0.1, 0.15) is 0 Å². The Morgan fingerprint density at radius 3 is 1.60 bits per heavy atom. The van der Waals surface area contributed by atoms with Gasteiger partial charge in [0.1, 0.15) is 0 Å². The second-order valence-electron chi connectivity index (χ2n) is 1.53. The molecule has 0 unspecified atom stereocenters. The summed E-state index contributed by atoms with van der Waals surface area (Å²) in [5, 5.41) is 0. The standard InChI is InChI=1S/C3H6Cl2F2N2.Pt/c4-3(5,9)2(6,7)1-8;/h1,8-9H2;. The van der Waals surface area contributed by atoms with E-state index in [0.717, 1.165) is 0 Å². The van der Waals surface area contributed by atoms with Crippen molar-refractivity contribution in [1.29, 1.82) is 0 Å². The van der Waals surface area contributed by atoms with Crippen molar-refractivity contribution in [1.82, 2.24) is 0 Å². The summed E-state index contributed by atoms with van der Waals surface area (Å²) in [7, 11) is 0. The molecule has 0 bridgehead atoms. The van der Waals surface area contributed by atoms with Crippen molar-refractivity contribution in [2.75, 3.05) is 6.54 Å². The zero-order valence-corrected chi connectivity index (χ0v) is 8.47. The maximum Gasteiger partial charge on any atom is 0.305 e. The van der Waals surface area contributed by atoms with Gasteiger partial charge in [-0.3, -0.25) is 5.73 Å². The Morgan fingerprint density at radius 1 is 1.30 bits per heavy atom. The minimum Gasteiger partial charge on any atom is -0.325 e. The van der Waals surface area contributed by atoms with Crippen molar-refractivity contribution in [2.24, 2.45) is 11.5 Å². The molecule has 0 aromatic heterocycles. The molecule has 0 spiro atoms. The largest absolute Gasteiger partial charge is 0.325 e. The van der Waals surface area contributed by atoms with Gasteiger partial charge < -0.3 is 5.73 Å². The van der Waals surface area contributed by atoms with Crippen molar-refractivity contribution in [3.8, 4) is 0 Å². The van der Waals surface area contributed by atoms with Gasteiger partial charge in [-0.25, -0.2) is 8.78 Å². The van der Waals surface area contributed by atoms with Gasteiger partial charge in [0.25, 0.3) is 0 Å². The van der Waals surface area contributed by atoms with Crippen LogP contribution in [0.25, 0.3) is 0 Å². The summed E-state index contributed by atoms with van der Waals surface area (Å²) in [6, 6.07) is 0. The summed E-state index contributed by atoms with van der Waals surface area (Å²) >= 11 is 9.68. The molecule has 0 rings (SSSR count). The van der Waals surface area contributed by atoms with E-state index in [9.17, 15) is 8.78 Å². The van der Waals surface area contributed by atoms with Gasteiger partial charge in [-0.15, -0.1) is 0 Å². The first-order valence-corrected chi connectivity index (χ1v) is 2.81. The number of nitrogens with two attached hydrogens (primary N) is 2. The molecule has 4 N–H and O–H groups in total. The maximum absolute atomic E-state index is 12.1. The molecular formula is C3H6Cl2F2N2Pt. The molecule has 0 aromatic carbocycles. The molecule has 2 nitrogen and oxygen atoms in total. The van der Waals surface area contributed by atoms with Crippen LogP contribution in [0.2, 0.25) is 0 Å². The molecule has 0 atom stereocenters. The Bertz CT molecular complexity index is 105. The van der Waals surface area contributed by atoms with Gasteiger partial charge in [0.15, 0.2) is 0 Å². The van der Waals surface area contributed by atoms with Crippen LogP contribution in [0.15, 0.2) is 0 Å². The Balaban J connectivity index is 0. The van der Waals surface area contributed by atoms with Gasteiger partial charge in [-0.1, -0.05) is 23.2 Å². The first kappa shape index (κ1) is 13.6. The van der Waals surface area contributed by atoms with Crippen molar-refractivity contribution >= 4 is 23.2 Å². The van der Waals surface area contributed by atoms with E-state index < -0.39 is 16.9 Å². The van der Waals surface area contributed by atoms with Gasteiger partial charge in [-0.05, 0) is 0 Å². The van der Waals surface area contributed by atoms with Crippen molar-refractivity contribution in [2.45, 2.75) is 10.4 Å². The van der Waals surface area contributed by atoms with Crippen molar-refractivity contribution in [3.05, 3.63) is 0 Å². The average Bonchev–Trinajstić information content (AvgIpc) is 1.64. The monoisotopic (exact) mass is 373 g/mol. The van der Waals surface area contributed by atoms with Crippen LogP contribution in [0.3, 0.4) is 0 Å². The molecule has 66 valence electrons. The van der Waals surface area contributed by atoms with Gasteiger partial charge in [-0.2, -0.15) is 0 Å². The third-order valence-corrected chi connectivity index (χ3v) is 1.30. The average molecular weight is 374 g/mol. The molecule has 0 aromatic rings. The summed E-state index contributed by atoms with van der Waals surface area (Å²) in [5.41, 5.74) is 9.22. The Labute approximate surface area is 81.5 Å². The predicted molar refractivity (Wildman–Crippen MR) is 32.6 cm³/mol. The smallest absolute Gasteiger partial charge is 0.305 e. The fourth-order valence-corrected chi connectivity index (χ4v) is 0.290. The Kier molecular flexibility index (Phi) is 5.68. The predicted octanol–water partition coefficient (Wildman–Crippen LogP) is 0.668. The van der Waals surface area contributed by atoms with E-state index in [1.165, 1.54) is 0 Å². The first-order valence-electron chi connectivity index (χ1n) is 2.06. The first-order chi connectivity index (χ1) is 3.81. The number of hydrogen-bond acceptors (Lipinski definition) is 2. The zero-order chi connectivity index (χ0) is 7.71. The van der Waals surface area contributed by atoms with Crippen LogP contribution < -0.4 is 11.5 Å². The third-order valence-electron chi connectivity index (χ3n) is 0.744. The van der Waals surface area contributed by atoms with Crippen molar-refractivity contribution < 1.29 is 29.8 Å². The van der Waals surface area contributed by atoms with Crippen LogP contribution in [0.5, 0.6) is 0 Å². The van der Waals surface area contributed by atoms with Gasteiger partial charge in [0.2, 0.25) is 4.46 Å². The zero-order valence-electron chi connectivity index (χ0n) is 4.69. The van der Waals surface area contributed by atoms with Crippen molar-refractivity contribution in [3.63, 3.8) is 0 Å². The van der Waals surface area contributed by atoms with Crippen LogP contribution in [-0.4, -0.2) is 16.9 Å². The molecule has 0 aliphatic carbocycles. The minimum atomic E-state index is -3.43. The summed E-state index contributed by atoms with van der Waals surface area (Å²) in [6.07, 6.45) is 0. The Morgan fingerprint density at radius 2 is 1.60 bits per heavy atom. The maximum atomic E-state index is 12.1. The summed E-state index contributed by atoms with van der Waals surface area (Å²) in [5.74, 6) is -3.43. The van der Waals surface area contributed by atoms with E-state index in [2.05, 4.69) is 11.5 Å². The number of rotatable bonds is 2. The summed E-state index contributed by atoms with van der Waals surface area (Å²) in [4.78, 5) is 0. The quantitative estimate of drug-likeness (QED) is 0.552. The van der Waals surface area contributed by atoms with Crippen LogP contribution in [0, 0.1) is 0 Å². The Hall–Kier alpha value is 1.05. The van der Waals surface area contributed by atoms with E-state index in [0.29, 0.717) is 0 Å². The van der Waals surface area contributed by atoms with E-state index in [4.69, 9.17) is 23.2 Å². The number of halogens is 4. The normalized spacial score (nSPS) is 12.6. The molecule has 0 saturated carbocycles. The molecule has 0 aliphatic heterocycles. The van der Waals surface area contributed by atoms with E-state index in [-0.39, 0.29) is 21.1 Å². The minimum absolute atomic E-state index is 0. The second kappa shape index (κ2) is 4.17. The fourth-order valence-electron chi connectivity index (χ4n) is 0.136. The molecule has 0 fully saturated rings. The van der Waals surface area contributed by atoms with Crippen LogP contribution in [-0.2, 0) is 21.1 Å². The molecule has 0 aliphatic rings. The number of alkyl halides is 4. The number of hydrogen-bond donors (Lipinski definition) is 2. The van der Waals surface area contributed by atoms with E-state index in [1.807, 2.05) is 0 Å². The molecule has 0 radical (unpaired) electrons. The van der Waals surface area contributed by atoms with Gasteiger partial charge in [0.05, 0.1) is 6.54 Å². The molecule has 0 amide bonds. The molecule has 7 heteroatoms. The van der Waals surface area contributed by atoms with Crippen LogP contribution >= 0.6 is 23.2 Å². The summed E-state index contributed by atoms with van der Waals surface area (Å²) < 4.78 is 21.7. The topological polar surface area (TPSA) is 52.0 Å².